The molecule has 1 heterocycles. The molecule has 5 nitrogen and oxygen atoms in total. The average Bonchev–Trinajstić information content (AvgIpc) is 2.78. The molecule has 0 N–H and O–H groups in total. The van der Waals surface area contributed by atoms with E-state index in [0.29, 0.717) is 29.4 Å². The molecule has 1 aliphatic rings. The molecule has 0 saturated heterocycles. The molecule has 3 aromatic rings. The van der Waals surface area contributed by atoms with Crippen LogP contribution in [-0.4, -0.2) is 32.8 Å². The third-order valence-corrected chi connectivity index (χ3v) is 7.40. The molecule has 30 heavy (non-hydrogen) atoms. The first-order valence-electron chi connectivity index (χ1n) is 9.57. The van der Waals surface area contributed by atoms with Crippen LogP contribution in [0.25, 0.3) is 0 Å². The number of carbonyl (C=O) groups is 1. The fourth-order valence-electron chi connectivity index (χ4n) is 3.59. The summed E-state index contributed by atoms with van der Waals surface area (Å²) in [4.78, 5) is 15.0. The molecule has 3 aromatic carbocycles. The molecule has 0 bridgehead atoms. The minimum atomic E-state index is -3.77. The van der Waals surface area contributed by atoms with Crippen molar-refractivity contribution in [3.8, 4) is 0 Å². The van der Waals surface area contributed by atoms with Crippen LogP contribution >= 0.6 is 11.6 Å². The highest BCUT2D eigenvalue weighted by Crippen LogP contribution is 2.26. The minimum absolute atomic E-state index is 0.108. The molecule has 0 radical (unpaired) electrons. The Kier molecular flexibility index (Phi) is 5.54. The molecule has 0 saturated carbocycles. The highest BCUT2D eigenvalue weighted by atomic mass is 35.5. The van der Waals surface area contributed by atoms with E-state index in [1.54, 1.807) is 29.2 Å². The molecule has 0 unspecified atom stereocenters. The Labute approximate surface area is 181 Å². The van der Waals surface area contributed by atoms with Gasteiger partial charge in [0, 0.05) is 30.7 Å². The van der Waals surface area contributed by atoms with Gasteiger partial charge in [-0.15, -0.1) is 0 Å². The lowest BCUT2D eigenvalue weighted by molar-refractivity contribution is 0.0734. The molecule has 1 aliphatic heterocycles. The highest BCUT2D eigenvalue weighted by molar-refractivity contribution is 7.92. The topological polar surface area (TPSA) is 57.7 Å². The minimum Gasteiger partial charge on any atom is -0.334 e. The number of anilines is 1. The standard InChI is InChI=1S/C23H21ClN2O3S/c1-25(30(28,29)22-11-9-20(24)10-12-22)21-8-4-7-18(15-21)23(27)26-14-13-17-5-2-3-6-19(17)16-26/h2-12,15H,13-14,16H2,1H3. The number of hydrogen-bond acceptors (Lipinski definition) is 3. The summed E-state index contributed by atoms with van der Waals surface area (Å²) < 4.78 is 27.1. The van der Waals surface area contributed by atoms with Crippen LogP contribution in [0.2, 0.25) is 5.02 Å². The lowest BCUT2D eigenvalue weighted by Gasteiger charge is -2.29. The lowest BCUT2D eigenvalue weighted by Crippen LogP contribution is -2.36. The predicted molar refractivity (Wildman–Crippen MR) is 118 cm³/mol. The first-order chi connectivity index (χ1) is 14.4. The summed E-state index contributed by atoms with van der Waals surface area (Å²) in [5.74, 6) is -0.108. The quantitative estimate of drug-likeness (QED) is 0.605. The van der Waals surface area contributed by atoms with Crippen molar-refractivity contribution < 1.29 is 13.2 Å². The SMILES string of the molecule is CN(c1cccc(C(=O)N2CCc3ccccc3C2)c1)S(=O)(=O)c1ccc(Cl)cc1. The molecule has 0 aliphatic carbocycles. The van der Waals surface area contributed by atoms with Crippen LogP contribution in [0.3, 0.4) is 0 Å². The molecular formula is C23H21ClN2O3S. The molecule has 7 heteroatoms. The summed E-state index contributed by atoms with van der Waals surface area (Å²) in [6.45, 7) is 1.19. The smallest absolute Gasteiger partial charge is 0.264 e. The van der Waals surface area contributed by atoms with Gasteiger partial charge in [-0.3, -0.25) is 9.10 Å². The number of hydrogen-bond donors (Lipinski definition) is 0. The van der Waals surface area contributed by atoms with Crippen LogP contribution in [0.15, 0.2) is 77.7 Å². The van der Waals surface area contributed by atoms with Gasteiger partial charge in [-0.25, -0.2) is 8.42 Å². The Morgan fingerprint density at radius 3 is 2.40 bits per heavy atom. The van der Waals surface area contributed by atoms with E-state index < -0.39 is 10.0 Å². The molecule has 0 spiro atoms. The third kappa shape index (κ3) is 3.93. The second kappa shape index (κ2) is 8.13. The van der Waals surface area contributed by atoms with Gasteiger partial charge in [0.2, 0.25) is 0 Å². The van der Waals surface area contributed by atoms with Crippen LogP contribution in [0.4, 0.5) is 5.69 Å². The van der Waals surface area contributed by atoms with Gasteiger partial charge in [0.15, 0.2) is 0 Å². The number of halogens is 1. The molecule has 1 amide bonds. The number of fused-ring (bicyclic) bond motifs is 1. The molecular weight excluding hydrogens is 420 g/mol. The van der Waals surface area contributed by atoms with Crippen LogP contribution in [0.1, 0.15) is 21.5 Å². The number of rotatable bonds is 4. The fraction of sp³-hybridized carbons (Fsp3) is 0.174. The molecule has 0 aromatic heterocycles. The normalized spacial score (nSPS) is 13.6. The zero-order valence-corrected chi connectivity index (χ0v) is 18.0. The van der Waals surface area contributed by atoms with Crippen molar-refractivity contribution in [2.45, 2.75) is 17.9 Å². The summed E-state index contributed by atoms with van der Waals surface area (Å²) in [6, 6.07) is 20.8. The Hall–Kier alpha value is -2.83. The number of sulfonamides is 1. The largest absolute Gasteiger partial charge is 0.334 e. The second-order valence-electron chi connectivity index (χ2n) is 7.22. The van der Waals surface area contributed by atoms with Crippen molar-refractivity contribution in [2.24, 2.45) is 0 Å². The maximum Gasteiger partial charge on any atom is 0.264 e. The van der Waals surface area contributed by atoms with Crippen LogP contribution in [-0.2, 0) is 23.0 Å². The van der Waals surface area contributed by atoms with E-state index in [9.17, 15) is 13.2 Å². The second-order valence-corrected chi connectivity index (χ2v) is 9.63. The van der Waals surface area contributed by atoms with Gasteiger partial charge in [-0.1, -0.05) is 41.9 Å². The van der Waals surface area contributed by atoms with Gasteiger partial charge < -0.3 is 4.90 Å². The number of amides is 1. The first kappa shape index (κ1) is 20.4. The maximum absolute atomic E-state index is 13.1. The van der Waals surface area contributed by atoms with E-state index in [0.717, 1.165) is 12.0 Å². The van der Waals surface area contributed by atoms with E-state index >= 15 is 0 Å². The highest BCUT2D eigenvalue weighted by Gasteiger charge is 2.24. The van der Waals surface area contributed by atoms with Gasteiger partial charge >= 0.3 is 0 Å². The molecule has 4 rings (SSSR count). The average molecular weight is 441 g/mol. The molecule has 154 valence electrons. The van der Waals surface area contributed by atoms with E-state index in [2.05, 4.69) is 6.07 Å². The van der Waals surface area contributed by atoms with Crippen molar-refractivity contribution in [3.05, 3.63) is 94.5 Å². The van der Waals surface area contributed by atoms with Crippen LogP contribution < -0.4 is 4.31 Å². The van der Waals surface area contributed by atoms with E-state index in [4.69, 9.17) is 11.6 Å². The van der Waals surface area contributed by atoms with Crippen LogP contribution in [0.5, 0.6) is 0 Å². The fourth-order valence-corrected chi connectivity index (χ4v) is 4.90. The Morgan fingerprint density at radius 1 is 0.967 bits per heavy atom. The van der Waals surface area contributed by atoms with Crippen molar-refractivity contribution in [2.75, 3.05) is 17.9 Å². The van der Waals surface area contributed by atoms with Crippen molar-refractivity contribution >= 4 is 33.2 Å². The zero-order valence-electron chi connectivity index (χ0n) is 16.5. The summed E-state index contributed by atoms with van der Waals surface area (Å²) in [5, 5.41) is 0.465. The summed E-state index contributed by atoms with van der Waals surface area (Å²) >= 11 is 5.87. The van der Waals surface area contributed by atoms with Gasteiger partial charge in [0.25, 0.3) is 15.9 Å². The van der Waals surface area contributed by atoms with Gasteiger partial charge in [0.1, 0.15) is 0 Å². The van der Waals surface area contributed by atoms with Crippen molar-refractivity contribution in [3.63, 3.8) is 0 Å². The summed E-state index contributed by atoms with van der Waals surface area (Å²) in [6.07, 6.45) is 0.812. The van der Waals surface area contributed by atoms with Crippen LogP contribution in [0, 0.1) is 0 Å². The molecule has 0 atom stereocenters. The van der Waals surface area contributed by atoms with Gasteiger partial charge in [-0.05, 0) is 60.0 Å². The zero-order chi connectivity index (χ0) is 21.3. The lowest BCUT2D eigenvalue weighted by atomic mass is 9.99. The van der Waals surface area contributed by atoms with E-state index in [1.807, 2.05) is 18.2 Å². The Morgan fingerprint density at radius 2 is 1.67 bits per heavy atom. The third-order valence-electron chi connectivity index (χ3n) is 5.35. The summed E-state index contributed by atoms with van der Waals surface area (Å²) in [7, 11) is -2.29. The number of nitrogens with zero attached hydrogens (tertiary/aromatic N) is 2. The Bertz CT molecular complexity index is 1190. The van der Waals surface area contributed by atoms with E-state index in [1.165, 1.54) is 41.2 Å². The van der Waals surface area contributed by atoms with Gasteiger partial charge in [0.05, 0.1) is 10.6 Å². The van der Waals surface area contributed by atoms with Gasteiger partial charge in [-0.2, -0.15) is 0 Å². The first-order valence-corrected chi connectivity index (χ1v) is 11.4. The summed E-state index contributed by atoms with van der Waals surface area (Å²) in [5.41, 5.74) is 3.30. The Balaban J connectivity index is 1.58. The van der Waals surface area contributed by atoms with Crippen molar-refractivity contribution in [1.29, 1.82) is 0 Å². The predicted octanol–water partition coefficient (Wildman–Crippen LogP) is 4.36. The van der Waals surface area contributed by atoms with E-state index in [-0.39, 0.29) is 10.8 Å². The maximum atomic E-state index is 13.1. The molecule has 0 fully saturated rings. The monoisotopic (exact) mass is 440 g/mol. The number of benzene rings is 3. The number of carbonyl (C=O) groups excluding carboxylic acids is 1. The van der Waals surface area contributed by atoms with Crippen molar-refractivity contribution in [1.82, 2.24) is 4.90 Å².